The van der Waals surface area contributed by atoms with Crippen molar-refractivity contribution in [3.63, 3.8) is 0 Å². The Kier molecular flexibility index (Phi) is 5.99. The van der Waals surface area contributed by atoms with E-state index in [1.54, 1.807) is 0 Å². The number of rotatable bonds is 4. The van der Waals surface area contributed by atoms with Crippen LogP contribution in [0.15, 0.2) is 176 Å². The first kappa shape index (κ1) is 29.2. The van der Waals surface area contributed by atoms with E-state index < -0.39 is 0 Å². The molecule has 5 heteroatoms. The summed E-state index contributed by atoms with van der Waals surface area (Å²) in [6, 6.07) is 62.3. The lowest BCUT2D eigenvalue weighted by Gasteiger charge is -2.14. The third kappa shape index (κ3) is 4.06. The number of hydrogen-bond acceptors (Lipinski definition) is 3. The minimum Gasteiger partial charge on any atom is -0.309 e. The van der Waals surface area contributed by atoms with E-state index in [2.05, 4.69) is 161 Å². The van der Waals surface area contributed by atoms with Crippen molar-refractivity contribution in [2.75, 3.05) is 0 Å². The number of aromatic nitrogens is 5. The highest BCUT2D eigenvalue weighted by molar-refractivity contribution is 6.30. The standard InChI is InChI=1S/C49H29N5/c1-4-13-31(14-5-1)45-37-26-24-30-23-25-34(29-38(30)46(37)52-48(51-45)32-15-6-2-7-16-32)53-41-22-12-20-36-35-19-10-11-21-40(35)54-47-39(27-28-42(53)44(47)43(36)41)50-49(54)33-17-8-3-9-18-33/h1-29H. The molecular weight excluding hydrogens is 659 g/mol. The minimum atomic E-state index is 0.715. The SMILES string of the molecule is c1ccc(-c2nc(-c3ccccc3)c3ccc4ccc(-n5c6cccc7c8ccccc8n8c(-c9ccccc9)nc9ccc5c(c76)c98)cc4c3n2)cc1. The molecule has 0 radical (unpaired) electrons. The highest BCUT2D eigenvalue weighted by Crippen LogP contribution is 2.44. The van der Waals surface area contributed by atoms with Crippen LogP contribution in [0.2, 0.25) is 0 Å². The van der Waals surface area contributed by atoms with E-state index >= 15 is 0 Å². The van der Waals surface area contributed by atoms with Crippen molar-refractivity contribution < 1.29 is 0 Å². The van der Waals surface area contributed by atoms with Gasteiger partial charge in [-0.05, 0) is 53.2 Å². The molecule has 0 bridgehead atoms. The van der Waals surface area contributed by atoms with Gasteiger partial charge in [0.15, 0.2) is 5.82 Å². The Bertz CT molecular complexity index is 3420. The van der Waals surface area contributed by atoms with E-state index in [1.807, 2.05) is 24.3 Å². The number of benzene rings is 8. The molecule has 0 aliphatic rings. The van der Waals surface area contributed by atoms with Gasteiger partial charge in [0.05, 0.1) is 38.8 Å². The van der Waals surface area contributed by atoms with Gasteiger partial charge >= 0.3 is 0 Å². The molecule has 5 nitrogen and oxygen atoms in total. The summed E-state index contributed by atoms with van der Waals surface area (Å²) in [6.45, 7) is 0. The molecule has 4 heterocycles. The smallest absolute Gasteiger partial charge is 0.160 e. The molecular formula is C49H29N5. The molecule has 250 valence electrons. The van der Waals surface area contributed by atoms with Crippen molar-refractivity contribution in [2.45, 2.75) is 0 Å². The van der Waals surface area contributed by atoms with Crippen molar-refractivity contribution in [3.8, 4) is 39.7 Å². The molecule has 0 saturated carbocycles. The van der Waals surface area contributed by atoms with Crippen molar-refractivity contribution in [1.29, 1.82) is 0 Å². The summed E-state index contributed by atoms with van der Waals surface area (Å²) < 4.78 is 4.81. The number of para-hydroxylation sites is 1. The van der Waals surface area contributed by atoms with E-state index in [-0.39, 0.29) is 0 Å². The van der Waals surface area contributed by atoms with E-state index in [0.717, 1.165) is 83.2 Å². The van der Waals surface area contributed by atoms with Gasteiger partial charge in [-0.15, -0.1) is 0 Å². The molecule has 0 fully saturated rings. The van der Waals surface area contributed by atoms with Gasteiger partial charge in [0.25, 0.3) is 0 Å². The van der Waals surface area contributed by atoms with Crippen LogP contribution in [0.5, 0.6) is 0 Å². The lowest BCUT2D eigenvalue weighted by Crippen LogP contribution is -1.97. The van der Waals surface area contributed by atoms with Gasteiger partial charge < -0.3 is 4.57 Å². The van der Waals surface area contributed by atoms with Gasteiger partial charge in [0.1, 0.15) is 5.82 Å². The molecule has 0 aliphatic carbocycles. The van der Waals surface area contributed by atoms with Crippen LogP contribution in [0.25, 0.3) is 111 Å². The first-order valence-corrected chi connectivity index (χ1v) is 18.3. The van der Waals surface area contributed by atoms with Crippen LogP contribution in [0.4, 0.5) is 0 Å². The Hall–Kier alpha value is -7.37. The quantitative estimate of drug-likeness (QED) is 0.173. The largest absolute Gasteiger partial charge is 0.309 e. The second-order valence-electron chi connectivity index (χ2n) is 14.0. The molecule has 54 heavy (non-hydrogen) atoms. The Morgan fingerprint density at radius 2 is 1.07 bits per heavy atom. The molecule has 0 unspecified atom stereocenters. The van der Waals surface area contributed by atoms with Gasteiger partial charge in [0, 0.05) is 49.3 Å². The summed E-state index contributed by atoms with van der Waals surface area (Å²) in [4.78, 5) is 15.8. The van der Waals surface area contributed by atoms with E-state index in [1.165, 1.54) is 21.5 Å². The first-order chi connectivity index (χ1) is 26.8. The Labute approximate surface area is 309 Å². The van der Waals surface area contributed by atoms with E-state index in [4.69, 9.17) is 15.0 Å². The highest BCUT2D eigenvalue weighted by atomic mass is 15.0. The zero-order chi connectivity index (χ0) is 35.3. The molecule has 0 aliphatic heterocycles. The molecule has 4 aromatic heterocycles. The average molecular weight is 688 g/mol. The fourth-order valence-electron chi connectivity index (χ4n) is 8.69. The minimum absolute atomic E-state index is 0.715. The molecule has 0 N–H and O–H groups in total. The molecule has 8 aromatic carbocycles. The summed E-state index contributed by atoms with van der Waals surface area (Å²) in [6.07, 6.45) is 0. The van der Waals surface area contributed by atoms with Gasteiger partial charge in [-0.25, -0.2) is 15.0 Å². The molecule has 12 rings (SSSR count). The predicted octanol–water partition coefficient (Wildman–Crippen LogP) is 12.3. The molecule has 0 spiro atoms. The lowest BCUT2D eigenvalue weighted by atomic mass is 10.0. The Morgan fingerprint density at radius 3 is 1.89 bits per heavy atom. The van der Waals surface area contributed by atoms with Gasteiger partial charge in [-0.3, -0.25) is 4.40 Å². The maximum absolute atomic E-state index is 5.31. The average Bonchev–Trinajstić information content (AvgIpc) is 3.76. The first-order valence-electron chi connectivity index (χ1n) is 18.3. The van der Waals surface area contributed by atoms with Crippen molar-refractivity contribution in [3.05, 3.63) is 176 Å². The summed E-state index contributed by atoms with van der Waals surface area (Å²) in [5.41, 5.74) is 11.6. The second kappa shape index (κ2) is 11.1. The lowest BCUT2D eigenvalue weighted by molar-refractivity contribution is 1.18. The number of nitrogens with zero attached hydrogens (tertiary/aromatic N) is 5. The third-order valence-electron chi connectivity index (χ3n) is 11.0. The number of hydrogen-bond donors (Lipinski definition) is 0. The molecule has 0 atom stereocenters. The zero-order valence-corrected chi connectivity index (χ0v) is 29.0. The van der Waals surface area contributed by atoms with Gasteiger partial charge in [0.2, 0.25) is 0 Å². The monoisotopic (exact) mass is 687 g/mol. The fourth-order valence-corrected chi connectivity index (χ4v) is 8.69. The van der Waals surface area contributed by atoms with Crippen LogP contribution >= 0.6 is 0 Å². The van der Waals surface area contributed by atoms with Gasteiger partial charge in [-0.2, -0.15) is 0 Å². The second-order valence-corrected chi connectivity index (χ2v) is 14.0. The van der Waals surface area contributed by atoms with Crippen molar-refractivity contribution in [1.82, 2.24) is 23.9 Å². The molecule has 12 aromatic rings. The topological polar surface area (TPSA) is 48.0 Å². The van der Waals surface area contributed by atoms with Crippen LogP contribution in [-0.2, 0) is 0 Å². The highest BCUT2D eigenvalue weighted by Gasteiger charge is 2.24. The van der Waals surface area contributed by atoms with Crippen LogP contribution in [0.1, 0.15) is 0 Å². The summed E-state index contributed by atoms with van der Waals surface area (Å²) >= 11 is 0. The zero-order valence-electron chi connectivity index (χ0n) is 29.0. The van der Waals surface area contributed by atoms with Crippen molar-refractivity contribution >= 4 is 70.8 Å². The Morgan fingerprint density at radius 1 is 0.407 bits per heavy atom. The maximum Gasteiger partial charge on any atom is 0.160 e. The molecule has 0 amide bonds. The maximum atomic E-state index is 5.31. The van der Waals surface area contributed by atoms with Crippen LogP contribution in [0.3, 0.4) is 0 Å². The van der Waals surface area contributed by atoms with Gasteiger partial charge in [-0.1, -0.05) is 133 Å². The third-order valence-corrected chi connectivity index (χ3v) is 11.0. The van der Waals surface area contributed by atoms with Crippen LogP contribution < -0.4 is 0 Å². The van der Waals surface area contributed by atoms with E-state index in [9.17, 15) is 0 Å². The summed E-state index contributed by atoms with van der Waals surface area (Å²) in [5, 5.41) is 8.11. The predicted molar refractivity (Wildman–Crippen MR) is 223 cm³/mol. The normalized spacial score (nSPS) is 12.1. The summed E-state index contributed by atoms with van der Waals surface area (Å²) in [5.74, 6) is 1.66. The Balaban J connectivity index is 1.20. The summed E-state index contributed by atoms with van der Waals surface area (Å²) in [7, 11) is 0. The van der Waals surface area contributed by atoms with Crippen molar-refractivity contribution in [2.24, 2.45) is 0 Å². The molecule has 0 saturated heterocycles. The van der Waals surface area contributed by atoms with Crippen LogP contribution in [0, 0.1) is 0 Å². The van der Waals surface area contributed by atoms with E-state index in [0.29, 0.717) is 5.82 Å². The van der Waals surface area contributed by atoms with Crippen LogP contribution in [-0.4, -0.2) is 23.9 Å². The number of fused-ring (bicyclic) bond motifs is 6. The fraction of sp³-hybridized carbons (Fsp3) is 0. The number of imidazole rings is 1.